The van der Waals surface area contributed by atoms with Crippen molar-refractivity contribution in [2.24, 2.45) is 11.8 Å². The van der Waals surface area contributed by atoms with Crippen molar-refractivity contribution in [1.29, 1.82) is 0 Å². The Morgan fingerprint density at radius 2 is 1.18 bits per heavy atom. The van der Waals surface area contributed by atoms with Gasteiger partial charge in [0.25, 0.3) is 0 Å². The Kier molecular flexibility index (Phi) is 12.9. The molecule has 130 valence electrons. The summed E-state index contributed by atoms with van der Waals surface area (Å²) in [6.07, 6.45) is 11.4. The van der Waals surface area contributed by atoms with Gasteiger partial charge in [0.2, 0.25) is 0 Å². The van der Waals surface area contributed by atoms with Crippen molar-refractivity contribution in [3.05, 3.63) is 0 Å². The Morgan fingerprint density at radius 1 is 0.727 bits per heavy atom. The van der Waals surface area contributed by atoms with Crippen molar-refractivity contribution >= 4 is 11.9 Å². The summed E-state index contributed by atoms with van der Waals surface area (Å²) >= 11 is 0. The summed E-state index contributed by atoms with van der Waals surface area (Å²) in [4.78, 5) is 21.6. The second-order valence-electron chi connectivity index (χ2n) is 6.77. The summed E-state index contributed by atoms with van der Waals surface area (Å²) in [6, 6.07) is 0. The van der Waals surface area contributed by atoms with E-state index in [0.717, 1.165) is 18.8 Å². The van der Waals surface area contributed by atoms with Gasteiger partial charge in [-0.2, -0.15) is 0 Å². The van der Waals surface area contributed by atoms with Crippen molar-refractivity contribution in [3.63, 3.8) is 0 Å². The average molecular weight is 314 g/mol. The van der Waals surface area contributed by atoms with Crippen LogP contribution in [0.1, 0.15) is 90.9 Å². The van der Waals surface area contributed by atoms with Crippen LogP contribution in [-0.4, -0.2) is 22.2 Å². The zero-order valence-corrected chi connectivity index (χ0v) is 14.4. The van der Waals surface area contributed by atoms with Gasteiger partial charge in [-0.3, -0.25) is 9.59 Å². The molecule has 0 aliphatic carbocycles. The molecule has 0 saturated heterocycles. The molecule has 0 aliphatic heterocycles. The van der Waals surface area contributed by atoms with Gasteiger partial charge in [-0.25, -0.2) is 0 Å². The maximum absolute atomic E-state index is 11.1. The minimum atomic E-state index is -0.846. The molecule has 4 heteroatoms. The van der Waals surface area contributed by atoms with Crippen molar-refractivity contribution in [2.45, 2.75) is 90.9 Å². The standard InChI is InChI=1S/C18H34O4/c1-15(2)11-8-6-4-3-5-7-9-12-16(18(21)22)13-10-14-17(19)20/h15-16H,3-14H2,1-2H3,(H,19,20)(H,21,22). The lowest BCUT2D eigenvalue weighted by Gasteiger charge is -2.11. The van der Waals surface area contributed by atoms with E-state index in [2.05, 4.69) is 13.8 Å². The highest BCUT2D eigenvalue weighted by molar-refractivity contribution is 5.70. The first-order valence-electron chi connectivity index (χ1n) is 8.88. The van der Waals surface area contributed by atoms with Crippen LogP contribution < -0.4 is 0 Å². The molecule has 0 radical (unpaired) electrons. The van der Waals surface area contributed by atoms with Gasteiger partial charge in [0, 0.05) is 6.42 Å². The number of carboxylic acid groups (broad SMARTS) is 2. The average Bonchev–Trinajstić information content (AvgIpc) is 2.42. The van der Waals surface area contributed by atoms with Gasteiger partial charge < -0.3 is 10.2 Å². The predicted molar refractivity (Wildman–Crippen MR) is 89.0 cm³/mol. The molecule has 0 fully saturated rings. The van der Waals surface area contributed by atoms with Crippen molar-refractivity contribution in [1.82, 2.24) is 0 Å². The SMILES string of the molecule is CC(C)CCCCCCCCCC(CCCC(=O)O)C(=O)O. The predicted octanol–water partition coefficient (Wildman–Crippen LogP) is 5.11. The summed E-state index contributed by atoms with van der Waals surface area (Å²) in [6.45, 7) is 4.52. The Balaban J connectivity index is 3.52. The molecule has 0 bridgehead atoms. The molecule has 0 aromatic carbocycles. The summed E-state index contributed by atoms with van der Waals surface area (Å²) in [7, 11) is 0. The highest BCUT2D eigenvalue weighted by Crippen LogP contribution is 2.18. The minimum absolute atomic E-state index is 0.0696. The second kappa shape index (κ2) is 13.6. The van der Waals surface area contributed by atoms with Crippen LogP contribution in [0.4, 0.5) is 0 Å². The summed E-state index contributed by atoms with van der Waals surface area (Å²) < 4.78 is 0. The second-order valence-corrected chi connectivity index (χ2v) is 6.77. The molecule has 0 aromatic heterocycles. The number of hydrogen-bond donors (Lipinski definition) is 2. The molecule has 0 saturated carbocycles. The molecule has 2 N–H and O–H groups in total. The van der Waals surface area contributed by atoms with Crippen molar-refractivity contribution in [3.8, 4) is 0 Å². The molecule has 0 rings (SSSR count). The van der Waals surface area contributed by atoms with E-state index >= 15 is 0 Å². The molecule has 22 heavy (non-hydrogen) atoms. The highest BCUT2D eigenvalue weighted by Gasteiger charge is 2.16. The lowest BCUT2D eigenvalue weighted by molar-refractivity contribution is -0.143. The molecular weight excluding hydrogens is 280 g/mol. The van der Waals surface area contributed by atoms with Crippen LogP contribution in [0, 0.1) is 11.8 Å². The Hall–Kier alpha value is -1.06. The van der Waals surface area contributed by atoms with Gasteiger partial charge in [0.05, 0.1) is 5.92 Å². The molecule has 0 aliphatic rings. The van der Waals surface area contributed by atoms with E-state index in [0.29, 0.717) is 19.3 Å². The van der Waals surface area contributed by atoms with E-state index in [9.17, 15) is 9.59 Å². The zero-order valence-electron chi connectivity index (χ0n) is 14.4. The number of carboxylic acids is 2. The monoisotopic (exact) mass is 314 g/mol. The topological polar surface area (TPSA) is 74.6 Å². The van der Waals surface area contributed by atoms with Crippen LogP contribution in [0.15, 0.2) is 0 Å². The maximum Gasteiger partial charge on any atom is 0.306 e. The van der Waals surface area contributed by atoms with Gasteiger partial charge in [-0.05, 0) is 25.2 Å². The van der Waals surface area contributed by atoms with Gasteiger partial charge in [0.1, 0.15) is 0 Å². The third-order valence-corrected chi connectivity index (χ3v) is 4.13. The molecule has 0 aromatic rings. The van der Waals surface area contributed by atoms with Crippen LogP contribution in [-0.2, 0) is 9.59 Å². The molecule has 0 heterocycles. The van der Waals surface area contributed by atoms with E-state index < -0.39 is 11.9 Å². The molecule has 0 spiro atoms. The lowest BCUT2D eigenvalue weighted by atomic mass is 9.95. The highest BCUT2D eigenvalue weighted by atomic mass is 16.4. The van der Waals surface area contributed by atoms with E-state index in [1.165, 1.54) is 38.5 Å². The smallest absolute Gasteiger partial charge is 0.306 e. The lowest BCUT2D eigenvalue weighted by Crippen LogP contribution is -2.14. The first-order valence-corrected chi connectivity index (χ1v) is 8.88. The molecule has 1 unspecified atom stereocenters. The van der Waals surface area contributed by atoms with Gasteiger partial charge in [-0.1, -0.05) is 65.2 Å². The molecule has 0 amide bonds. The summed E-state index contributed by atoms with van der Waals surface area (Å²) in [5.74, 6) is -1.19. The Labute approximate surface area is 135 Å². The third kappa shape index (κ3) is 13.9. The fourth-order valence-electron chi connectivity index (χ4n) is 2.72. The fraction of sp³-hybridized carbons (Fsp3) is 0.889. The zero-order chi connectivity index (χ0) is 16.8. The normalized spacial score (nSPS) is 12.5. The molecule has 4 nitrogen and oxygen atoms in total. The maximum atomic E-state index is 11.1. The Morgan fingerprint density at radius 3 is 1.64 bits per heavy atom. The number of carbonyl (C=O) groups is 2. The quantitative estimate of drug-likeness (QED) is 0.412. The molecule has 1 atom stereocenters. The van der Waals surface area contributed by atoms with Crippen LogP contribution in [0.25, 0.3) is 0 Å². The third-order valence-electron chi connectivity index (χ3n) is 4.13. The minimum Gasteiger partial charge on any atom is -0.481 e. The van der Waals surface area contributed by atoms with E-state index in [1.807, 2.05) is 0 Å². The van der Waals surface area contributed by atoms with E-state index in [4.69, 9.17) is 10.2 Å². The van der Waals surface area contributed by atoms with Gasteiger partial charge in [0.15, 0.2) is 0 Å². The van der Waals surface area contributed by atoms with Crippen LogP contribution >= 0.6 is 0 Å². The van der Waals surface area contributed by atoms with E-state index in [1.54, 1.807) is 0 Å². The van der Waals surface area contributed by atoms with E-state index in [-0.39, 0.29) is 12.3 Å². The first kappa shape index (κ1) is 20.9. The Bertz CT molecular complexity index is 299. The van der Waals surface area contributed by atoms with Gasteiger partial charge in [-0.15, -0.1) is 0 Å². The van der Waals surface area contributed by atoms with Gasteiger partial charge >= 0.3 is 11.9 Å². The van der Waals surface area contributed by atoms with Crippen LogP contribution in [0.2, 0.25) is 0 Å². The summed E-state index contributed by atoms with van der Waals surface area (Å²) in [5, 5.41) is 17.7. The van der Waals surface area contributed by atoms with Crippen molar-refractivity contribution < 1.29 is 19.8 Å². The van der Waals surface area contributed by atoms with Crippen LogP contribution in [0.3, 0.4) is 0 Å². The number of rotatable bonds is 15. The molecular formula is C18H34O4. The number of unbranched alkanes of at least 4 members (excludes halogenated alkanes) is 6. The summed E-state index contributed by atoms with van der Waals surface area (Å²) in [5.41, 5.74) is 0. The first-order chi connectivity index (χ1) is 10.4. The van der Waals surface area contributed by atoms with Crippen molar-refractivity contribution in [2.75, 3.05) is 0 Å². The fourth-order valence-corrected chi connectivity index (χ4v) is 2.72. The number of hydrogen-bond acceptors (Lipinski definition) is 2. The van der Waals surface area contributed by atoms with Crippen LogP contribution in [0.5, 0.6) is 0 Å². The largest absolute Gasteiger partial charge is 0.481 e. The number of aliphatic carboxylic acids is 2.